The number of phenols is 1. The van der Waals surface area contributed by atoms with Crippen LogP contribution in [0.4, 0.5) is 55.1 Å². The van der Waals surface area contributed by atoms with Gasteiger partial charge in [-0.3, -0.25) is 44.7 Å². The zero-order chi connectivity index (χ0) is 106. The first-order chi connectivity index (χ1) is 67.1. The molecule has 14 rings (SSSR count). The number of aromatic hydroxyl groups is 1. The fourth-order valence-corrected chi connectivity index (χ4v) is 16.2. The van der Waals surface area contributed by atoms with Gasteiger partial charge in [0, 0.05) is 137 Å². The van der Waals surface area contributed by atoms with Gasteiger partial charge < -0.3 is 83.5 Å². The van der Waals surface area contributed by atoms with Crippen molar-refractivity contribution in [3.05, 3.63) is 260 Å². The van der Waals surface area contributed by atoms with E-state index in [2.05, 4.69) is 9.50 Å². The maximum Gasteiger partial charge on any atom is 0.534 e. The molecule has 0 bridgehead atoms. The smallest absolute Gasteiger partial charge is 0.508 e. The molecule has 143 heavy (non-hydrogen) atoms. The first-order valence-corrected chi connectivity index (χ1v) is 47.5. The molecule has 5 heterocycles. The third-order valence-corrected chi connectivity index (χ3v) is 23.7. The predicted molar refractivity (Wildman–Crippen MR) is 523 cm³/mol. The topological polar surface area (TPSA) is 514 Å². The fourth-order valence-electron chi connectivity index (χ4n) is 15.6. The molecule has 37 nitrogen and oxygen atoms in total. The summed E-state index contributed by atoms with van der Waals surface area (Å²) in [6.45, 7) is 27.8. The number of ketones is 2. The summed E-state index contributed by atoms with van der Waals surface area (Å²) < 4.78 is 98.3. The molecule has 0 spiro atoms. The van der Waals surface area contributed by atoms with Gasteiger partial charge in [-0.2, -0.15) is 31.2 Å². The molecule has 0 fully saturated rings. The summed E-state index contributed by atoms with van der Waals surface area (Å²) in [6.07, 6.45) is 5.37. The number of carbonyl (C=O) groups is 7. The number of benzene rings is 7. The number of phenolic OH excluding ortho intramolecular Hbond substituents is 1. The Morgan fingerprint density at radius 2 is 0.783 bits per heavy atom. The number of halogens is 3. The number of non-ortho nitro benzene ring substituents is 3. The standard InChI is InChI=1S/C27H30N2O6.C27H32N2O4.C18H24N2O5.C14H22F3NO5S.C8H7NO2.C6H6BNO4.CO2/c1-27(2,3)35-26(31)28-14-12-20(17-34-22-10-6-19-7-11-25(30)24(19)16-22)23(13-15-28)18-4-8-21(9-5-18)29(32)33;1-27(2,3)33-26(31)29-14-12-20(23(13-15-29)18-4-8-21(28)9-5-18)17-32-22-10-6-19-7-11-25(30)24(19)16-22;1-18(2,3)25-17(22)19-10-8-14(12-21)16(9-11-19)13-4-6-15(7-5-13)20(23)24;1-5-10-6-8-18(12(19)22-13(2,3)4)9-7-11(10)23-24(20,21)14(15,16)17;10-6-2-1-5-4-9-8(11)7(5)3-6;9-7(10)5-1-3-6(4-2-5)8(11)12;2-1-3/h4-6,8-10,16H,7,11-15,17H2,1-3H3;4-6,8-10,16H,7,11-15,17,28H2,1-3H3;4-7,21H,8-12H2,1-3H3;5-9H2,1-4H3;1-3,10H,4H2,(H,9,11);1-4,9-10H;. The number of amides is 5. The number of hydrogen-bond acceptors (Lipinski definition) is 29. The first-order valence-electron chi connectivity index (χ1n) is 46.1. The van der Waals surface area contributed by atoms with Crippen molar-refractivity contribution in [2.75, 3.05) is 77.9 Å². The predicted octanol–water partition coefficient (Wildman–Crippen LogP) is 17.1. The third kappa shape index (κ3) is 35.1. The lowest BCUT2D eigenvalue weighted by Crippen LogP contribution is -2.37. The number of hydrogen-bond donors (Lipinski definition) is 6. The number of nitrogens with zero attached hydrogens (tertiary/aromatic N) is 7. The zero-order valence-electron chi connectivity index (χ0n) is 82.0. The fraction of sp³-hybridized carbons (Fsp3) is 0.426. The van der Waals surface area contributed by atoms with E-state index in [1.807, 2.05) is 117 Å². The van der Waals surface area contributed by atoms with E-state index in [0.29, 0.717) is 145 Å². The van der Waals surface area contributed by atoms with Crippen molar-refractivity contribution < 1.29 is 132 Å². The Morgan fingerprint density at radius 1 is 0.455 bits per heavy atom. The molecule has 7 aromatic rings. The molecular weight excluding hydrogens is 1890 g/mol. The minimum Gasteiger partial charge on any atom is -0.508 e. The van der Waals surface area contributed by atoms with Crippen LogP contribution in [0.1, 0.15) is 225 Å². The molecule has 2 aliphatic carbocycles. The molecule has 5 aliphatic heterocycles. The van der Waals surface area contributed by atoms with Crippen LogP contribution in [0.15, 0.2) is 180 Å². The number of nitrogen functional groups attached to an aromatic ring is 1. The number of nitro groups is 3. The lowest BCUT2D eigenvalue weighted by Gasteiger charge is -2.26. The van der Waals surface area contributed by atoms with Gasteiger partial charge in [0.15, 0.2) is 11.6 Å². The molecule has 0 saturated heterocycles. The van der Waals surface area contributed by atoms with Gasteiger partial charge in [-0.05, 0) is 298 Å². The number of aliphatic hydroxyl groups excluding tert-OH is 1. The van der Waals surface area contributed by atoms with Crippen molar-refractivity contribution in [3.8, 4) is 17.2 Å². The van der Waals surface area contributed by atoms with Gasteiger partial charge in [0.25, 0.3) is 23.0 Å². The second kappa shape index (κ2) is 50.9. The van der Waals surface area contributed by atoms with Crippen LogP contribution in [-0.4, -0.2) is 218 Å². The number of Topliss-reactive ketones (excluding diaryl/α,β-unsaturated/α-hetero) is 2. The SMILES string of the molecule is CC(C)(C)OC(=O)N1CCC(CO)=C(c2ccc([N+](=O)[O-])cc2)CC1.CC(C)(C)OC(=O)N1CCC(COc2ccc3c(c2)C(=O)CC3)=C(c2ccc(N)cc2)CC1.CC(C)(C)OC(=O)N1CCC(COc2ccc3c(c2)C(=O)CC3)=C(c2ccc([N+](=O)[O-])cc2)CC1.CCC1=C(OS(=O)(=O)C(F)(F)F)CCN(C(=O)OC(C)(C)C)CC1.O=C1NCc2ccc(O)cc21.O=C=O.O=[N+]([O-])c1ccc(B(O)O)cc1. The van der Waals surface area contributed by atoms with Gasteiger partial charge in [-0.1, -0.05) is 49.4 Å². The van der Waals surface area contributed by atoms with E-state index in [1.165, 1.54) is 65.1 Å². The van der Waals surface area contributed by atoms with E-state index in [1.54, 1.807) is 84.9 Å². The van der Waals surface area contributed by atoms with Gasteiger partial charge in [0.2, 0.25) is 0 Å². The number of fused-ring (bicyclic) bond motifs is 3. The zero-order valence-corrected chi connectivity index (χ0v) is 82.8. The molecule has 0 saturated carbocycles. The average Bonchev–Trinajstić information content (AvgIpc) is 1.60. The van der Waals surface area contributed by atoms with E-state index in [-0.39, 0.29) is 108 Å². The normalized spacial score (nSPS) is 15.4. The molecule has 5 amide bonds. The Morgan fingerprint density at radius 3 is 1.13 bits per heavy atom. The largest absolute Gasteiger partial charge is 0.534 e. The van der Waals surface area contributed by atoms with Crippen LogP contribution in [0.25, 0.3) is 16.7 Å². The summed E-state index contributed by atoms with van der Waals surface area (Å²) in [4.78, 5) is 138. The molecule has 0 radical (unpaired) electrons. The van der Waals surface area contributed by atoms with Crippen LogP contribution in [0.2, 0.25) is 0 Å². The van der Waals surface area contributed by atoms with Crippen molar-refractivity contribution in [1.29, 1.82) is 0 Å². The van der Waals surface area contributed by atoms with E-state index >= 15 is 0 Å². The number of nitrogens with one attached hydrogen (secondary N) is 1. The first kappa shape index (κ1) is 114. The molecule has 7 aromatic carbocycles. The minimum absolute atomic E-state index is 0.0150. The molecule has 7 N–H and O–H groups in total. The Kier molecular flexibility index (Phi) is 40.5. The molecule has 0 aromatic heterocycles. The number of alkyl halides is 3. The van der Waals surface area contributed by atoms with E-state index < -0.39 is 66.0 Å². The highest BCUT2D eigenvalue weighted by Crippen LogP contribution is 2.38. The van der Waals surface area contributed by atoms with Gasteiger partial charge in [-0.15, -0.1) is 0 Å². The molecule has 0 unspecified atom stereocenters. The summed E-state index contributed by atoms with van der Waals surface area (Å²) >= 11 is 0. The number of nitrogens with two attached hydrogens (primary N) is 1. The highest BCUT2D eigenvalue weighted by molar-refractivity contribution is 7.87. The number of aryl methyl sites for hydroxylation is 2. The number of aliphatic hydroxyl groups is 1. The maximum atomic E-state index is 12.7. The monoisotopic (exact) mass is 2010 g/mol. The average molecular weight is 2010 g/mol. The quantitative estimate of drug-likeness (QED) is 0.00938. The Labute approximate surface area is 826 Å². The summed E-state index contributed by atoms with van der Waals surface area (Å²) in [6, 6.07) is 41.8. The summed E-state index contributed by atoms with van der Waals surface area (Å²) in [7, 11) is -7.29. The Balaban J connectivity index is 0.000000216. The minimum atomic E-state index is -5.72. The number of carbonyl (C=O) groups excluding carboxylic acids is 9. The van der Waals surface area contributed by atoms with E-state index in [4.69, 9.17) is 58.9 Å². The van der Waals surface area contributed by atoms with E-state index in [0.717, 1.165) is 85.2 Å². The Bertz CT molecular complexity index is 6040. The van der Waals surface area contributed by atoms with Crippen LogP contribution in [0.3, 0.4) is 0 Å². The van der Waals surface area contributed by atoms with Gasteiger partial charge in [-0.25, -0.2) is 19.2 Å². The van der Waals surface area contributed by atoms with Crippen LogP contribution in [0.5, 0.6) is 17.2 Å². The molecule has 768 valence electrons. The second-order valence-corrected chi connectivity index (χ2v) is 39.3. The maximum absolute atomic E-state index is 12.7. The van der Waals surface area contributed by atoms with E-state index in [9.17, 15) is 90.6 Å². The summed E-state index contributed by atoms with van der Waals surface area (Å²) in [5.41, 5.74) is 13.5. The van der Waals surface area contributed by atoms with Crippen LogP contribution in [-0.2, 0) is 62.2 Å². The number of anilines is 1. The summed E-state index contributed by atoms with van der Waals surface area (Å²) in [5.74, 6) is 1.43. The van der Waals surface area contributed by atoms with Crippen molar-refractivity contribution in [1.82, 2.24) is 24.9 Å². The highest BCUT2D eigenvalue weighted by atomic mass is 32.2. The number of ether oxygens (including phenoxy) is 6. The molecule has 7 aliphatic rings. The van der Waals surface area contributed by atoms with Crippen LogP contribution >= 0.6 is 0 Å². The highest BCUT2D eigenvalue weighted by Gasteiger charge is 2.49. The third-order valence-electron chi connectivity index (χ3n) is 22.8. The molecule has 0 atom stereocenters. The lowest BCUT2D eigenvalue weighted by atomic mass is 9.80. The van der Waals surface area contributed by atoms with Gasteiger partial charge in [0.05, 0.1) is 21.4 Å². The number of rotatable bonds is 17. The molecule has 42 heteroatoms. The Hall–Kier alpha value is -14.3. The van der Waals surface area contributed by atoms with Crippen molar-refractivity contribution in [2.45, 2.75) is 208 Å². The van der Waals surface area contributed by atoms with Crippen LogP contribution in [0, 0.1) is 30.3 Å². The van der Waals surface area contributed by atoms with Gasteiger partial charge >= 0.3 is 53.3 Å². The van der Waals surface area contributed by atoms with Gasteiger partial charge in [0.1, 0.15) is 58.6 Å². The van der Waals surface area contributed by atoms with Crippen molar-refractivity contribution >= 4 is 110 Å². The van der Waals surface area contributed by atoms with Crippen LogP contribution < -0.4 is 26.0 Å². The molecular formula is C101H121BF3N9O28S. The number of nitro benzene ring substituents is 3. The van der Waals surface area contributed by atoms with Crippen molar-refractivity contribution in [2.24, 2.45) is 0 Å². The van der Waals surface area contributed by atoms with Crippen molar-refractivity contribution in [3.63, 3.8) is 0 Å². The second-order valence-electron chi connectivity index (χ2n) is 37.8. The summed E-state index contributed by atoms with van der Waals surface area (Å²) in [5, 5.41) is 70.7. The lowest BCUT2D eigenvalue weighted by molar-refractivity contribution is -0.385.